The van der Waals surface area contributed by atoms with E-state index in [4.69, 9.17) is 9.84 Å². The van der Waals surface area contributed by atoms with Gasteiger partial charge in [0.25, 0.3) is 15.9 Å². The maximum Gasteiger partial charge on any atom is 0.335 e. The number of aromatic nitrogens is 2. The zero-order valence-corrected chi connectivity index (χ0v) is 15.9. The number of carboxylic acids is 1. The SMILES string of the molecule is COc1ccc(C(=O)O)cc1S(=O)(=O)NNC(=O)c1cncn1-c1ccccc1. The van der Waals surface area contributed by atoms with Gasteiger partial charge in [-0.15, -0.1) is 4.83 Å². The molecule has 0 aliphatic rings. The molecule has 0 saturated heterocycles. The third kappa shape index (κ3) is 4.25. The molecule has 0 bridgehead atoms. The Morgan fingerprint density at radius 3 is 2.52 bits per heavy atom. The van der Waals surface area contributed by atoms with Gasteiger partial charge in [0.15, 0.2) is 0 Å². The van der Waals surface area contributed by atoms with Gasteiger partial charge in [-0.25, -0.2) is 18.2 Å². The Labute approximate surface area is 165 Å². The van der Waals surface area contributed by atoms with Gasteiger partial charge in [-0.3, -0.25) is 14.8 Å². The lowest BCUT2D eigenvalue weighted by Gasteiger charge is -2.13. The number of carbonyl (C=O) groups excluding carboxylic acids is 1. The van der Waals surface area contributed by atoms with E-state index in [9.17, 15) is 18.0 Å². The lowest BCUT2D eigenvalue weighted by molar-refractivity contribution is 0.0696. The Hall–Kier alpha value is -3.70. The molecule has 3 N–H and O–H groups in total. The molecule has 0 aliphatic heterocycles. The summed E-state index contributed by atoms with van der Waals surface area (Å²) in [5.74, 6) is -2.14. The fourth-order valence-corrected chi connectivity index (χ4v) is 3.55. The summed E-state index contributed by atoms with van der Waals surface area (Å²) < 4.78 is 31.7. The van der Waals surface area contributed by atoms with Crippen molar-refractivity contribution in [3.63, 3.8) is 0 Å². The minimum Gasteiger partial charge on any atom is -0.495 e. The van der Waals surface area contributed by atoms with E-state index in [0.29, 0.717) is 5.69 Å². The predicted molar refractivity (Wildman–Crippen MR) is 101 cm³/mol. The molecule has 29 heavy (non-hydrogen) atoms. The van der Waals surface area contributed by atoms with E-state index < -0.39 is 26.8 Å². The van der Waals surface area contributed by atoms with E-state index in [1.54, 1.807) is 24.3 Å². The number of rotatable bonds is 7. The van der Waals surface area contributed by atoms with Crippen molar-refractivity contribution < 1.29 is 27.9 Å². The number of hydrogen-bond acceptors (Lipinski definition) is 6. The third-order valence-corrected chi connectivity index (χ3v) is 5.17. The summed E-state index contributed by atoms with van der Waals surface area (Å²) in [6.07, 6.45) is 2.69. The Morgan fingerprint density at radius 2 is 1.86 bits per heavy atom. The van der Waals surface area contributed by atoms with Crippen LogP contribution < -0.4 is 15.0 Å². The monoisotopic (exact) mass is 416 g/mol. The fraction of sp³-hybridized carbons (Fsp3) is 0.0556. The van der Waals surface area contributed by atoms with Crippen LogP contribution in [0.3, 0.4) is 0 Å². The highest BCUT2D eigenvalue weighted by molar-refractivity contribution is 7.89. The highest BCUT2D eigenvalue weighted by Crippen LogP contribution is 2.24. The first-order valence-electron chi connectivity index (χ1n) is 8.15. The summed E-state index contributed by atoms with van der Waals surface area (Å²) >= 11 is 0. The van der Waals surface area contributed by atoms with Gasteiger partial charge in [-0.2, -0.15) is 0 Å². The molecule has 2 aromatic carbocycles. The minimum atomic E-state index is -4.32. The van der Waals surface area contributed by atoms with Gasteiger partial charge >= 0.3 is 5.97 Å². The van der Waals surface area contributed by atoms with Crippen molar-refractivity contribution in [1.29, 1.82) is 0 Å². The first kappa shape index (κ1) is 20.0. The normalized spacial score (nSPS) is 11.1. The predicted octanol–water partition coefficient (Wildman–Crippen LogP) is 1.20. The molecule has 1 heterocycles. The number of carboxylic acid groups (broad SMARTS) is 1. The van der Waals surface area contributed by atoms with E-state index in [0.717, 1.165) is 6.07 Å². The number of aromatic carboxylic acids is 1. The molecule has 0 spiro atoms. The van der Waals surface area contributed by atoms with Crippen molar-refractivity contribution in [3.05, 3.63) is 72.3 Å². The number of para-hydroxylation sites is 1. The van der Waals surface area contributed by atoms with Gasteiger partial charge in [0, 0.05) is 5.69 Å². The Bertz CT molecular complexity index is 1160. The second kappa shape index (κ2) is 8.12. The lowest BCUT2D eigenvalue weighted by Crippen LogP contribution is -2.42. The molecule has 0 atom stereocenters. The number of hydrazine groups is 1. The van der Waals surface area contributed by atoms with Crippen molar-refractivity contribution in [3.8, 4) is 11.4 Å². The Balaban J connectivity index is 1.83. The summed E-state index contributed by atoms with van der Waals surface area (Å²) in [6.45, 7) is 0. The molecule has 0 aliphatic carbocycles. The van der Waals surface area contributed by atoms with Crippen LogP contribution >= 0.6 is 0 Å². The number of methoxy groups -OCH3 is 1. The van der Waals surface area contributed by atoms with E-state index in [-0.39, 0.29) is 17.0 Å². The average molecular weight is 416 g/mol. The van der Waals surface area contributed by atoms with Gasteiger partial charge < -0.3 is 9.84 Å². The number of nitrogens with zero attached hydrogens (tertiary/aromatic N) is 2. The summed E-state index contributed by atoms with van der Waals surface area (Å²) in [6, 6.07) is 12.2. The Morgan fingerprint density at radius 1 is 1.14 bits per heavy atom. The molecule has 0 fully saturated rings. The van der Waals surface area contributed by atoms with Gasteiger partial charge in [0.05, 0.1) is 25.2 Å². The highest BCUT2D eigenvalue weighted by atomic mass is 32.2. The minimum absolute atomic E-state index is 0.0777. The number of nitrogens with one attached hydrogen (secondary N) is 2. The maximum atomic E-state index is 12.6. The van der Waals surface area contributed by atoms with Crippen molar-refractivity contribution in [1.82, 2.24) is 19.8 Å². The summed E-state index contributed by atoms with van der Waals surface area (Å²) in [5.41, 5.74) is 2.59. The molecule has 10 nitrogen and oxygen atoms in total. The van der Waals surface area contributed by atoms with Crippen LogP contribution in [-0.4, -0.2) is 42.1 Å². The van der Waals surface area contributed by atoms with Gasteiger partial charge in [0.2, 0.25) is 0 Å². The lowest BCUT2D eigenvalue weighted by atomic mass is 10.2. The van der Waals surface area contributed by atoms with Crippen molar-refractivity contribution in [2.45, 2.75) is 4.90 Å². The quantitative estimate of drug-likeness (QED) is 0.492. The number of amides is 1. The van der Waals surface area contributed by atoms with Crippen LogP contribution in [0, 0.1) is 0 Å². The van der Waals surface area contributed by atoms with Gasteiger partial charge in [0.1, 0.15) is 16.3 Å². The van der Waals surface area contributed by atoms with Gasteiger partial charge in [-0.1, -0.05) is 18.2 Å². The molecule has 150 valence electrons. The maximum absolute atomic E-state index is 12.6. The first-order chi connectivity index (χ1) is 13.8. The topological polar surface area (TPSA) is 140 Å². The standard InChI is InChI=1S/C18H16N4O6S/c1-28-15-8-7-12(18(24)25)9-16(15)29(26,27)21-20-17(23)14-10-19-11-22(14)13-5-3-2-4-6-13/h2-11,21H,1H3,(H,20,23)(H,24,25). The van der Waals surface area contributed by atoms with Crippen LogP contribution in [0.15, 0.2) is 66.0 Å². The van der Waals surface area contributed by atoms with E-state index >= 15 is 0 Å². The second-order valence-electron chi connectivity index (χ2n) is 5.71. The number of benzene rings is 2. The van der Waals surface area contributed by atoms with E-state index in [2.05, 4.69) is 10.4 Å². The molecule has 0 unspecified atom stereocenters. The molecular formula is C18H16N4O6S. The zero-order chi connectivity index (χ0) is 21.0. The summed E-state index contributed by atoms with van der Waals surface area (Å²) in [7, 11) is -3.08. The second-order valence-corrected chi connectivity index (χ2v) is 7.37. The zero-order valence-electron chi connectivity index (χ0n) is 15.1. The summed E-state index contributed by atoms with van der Waals surface area (Å²) in [5, 5.41) is 9.09. The van der Waals surface area contributed by atoms with E-state index in [1.165, 1.54) is 36.3 Å². The molecule has 1 aromatic heterocycles. The largest absolute Gasteiger partial charge is 0.495 e. The van der Waals surface area contributed by atoms with Crippen LogP contribution in [0.2, 0.25) is 0 Å². The van der Waals surface area contributed by atoms with Crippen LogP contribution in [0.25, 0.3) is 5.69 Å². The molecule has 0 saturated carbocycles. The molecule has 3 aromatic rings. The number of ether oxygens (including phenoxy) is 1. The highest BCUT2D eigenvalue weighted by Gasteiger charge is 2.23. The number of imidazole rings is 1. The van der Waals surface area contributed by atoms with Crippen molar-refractivity contribution >= 4 is 21.9 Å². The fourth-order valence-electron chi connectivity index (χ4n) is 2.51. The smallest absolute Gasteiger partial charge is 0.335 e. The van der Waals surface area contributed by atoms with E-state index in [1.807, 2.05) is 10.9 Å². The van der Waals surface area contributed by atoms with Crippen molar-refractivity contribution in [2.75, 3.05) is 7.11 Å². The van der Waals surface area contributed by atoms with Crippen LogP contribution in [0.4, 0.5) is 0 Å². The molecule has 11 heteroatoms. The first-order valence-corrected chi connectivity index (χ1v) is 9.63. The van der Waals surface area contributed by atoms with Crippen molar-refractivity contribution in [2.24, 2.45) is 0 Å². The Kier molecular flexibility index (Phi) is 5.61. The van der Waals surface area contributed by atoms with Crippen LogP contribution in [-0.2, 0) is 10.0 Å². The van der Waals surface area contributed by atoms with Crippen LogP contribution in [0.1, 0.15) is 20.8 Å². The third-order valence-electron chi connectivity index (χ3n) is 3.90. The number of sulfonamides is 1. The molecule has 1 amide bonds. The molecule has 3 rings (SSSR count). The summed E-state index contributed by atoms with van der Waals surface area (Å²) in [4.78, 5) is 29.0. The number of carbonyl (C=O) groups is 2. The van der Waals surface area contributed by atoms with Gasteiger partial charge in [-0.05, 0) is 30.3 Å². The molecular weight excluding hydrogens is 400 g/mol. The average Bonchev–Trinajstić information content (AvgIpc) is 3.22. The molecule has 0 radical (unpaired) electrons. The number of hydrogen-bond donors (Lipinski definition) is 3. The van der Waals surface area contributed by atoms with Crippen LogP contribution in [0.5, 0.6) is 5.75 Å².